The Balaban J connectivity index is 1.68. The van der Waals surface area contributed by atoms with Crippen molar-refractivity contribution >= 4 is 11.8 Å². The van der Waals surface area contributed by atoms with Gasteiger partial charge in [-0.25, -0.2) is 4.79 Å². The molecule has 3 rings (SSSR count). The quantitative estimate of drug-likeness (QED) is 0.837. The first kappa shape index (κ1) is 18.0. The molecule has 1 fully saturated rings. The third kappa shape index (κ3) is 3.87. The number of aryl methyl sites for hydroxylation is 1. The predicted molar refractivity (Wildman–Crippen MR) is 100 cm³/mol. The van der Waals surface area contributed by atoms with E-state index in [2.05, 4.69) is 5.32 Å². The summed E-state index contributed by atoms with van der Waals surface area (Å²) in [6.07, 6.45) is 1.53. The normalized spacial score (nSPS) is 16.4. The van der Waals surface area contributed by atoms with Crippen LogP contribution in [0.2, 0.25) is 0 Å². The van der Waals surface area contributed by atoms with E-state index in [-0.39, 0.29) is 11.8 Å². The second kappa shape index (κ2) is 8.04. The minimum Gasteiger partial charge on any atom is -0.496 e. The van der Waals surface area contributed by atoms with Crippen LogP contribution in [0, 0.1) is 6.92 Å². The Morgan fingerprint density at radius 1 is 1.19 bits per heavy atom. The second-order valence-corrected chi connectivity index (χ2v) is 6.54. The summed E-state index contributed by atoms with van der Waals surface area (Å²) in [5.74, 6) is 0.744. The molecule has 0 radical (unpaired) electrons. The van der Waals surface area contributed by atoms with E-state index in [0.717, 1.165) is 23.3 Å². The summed E-state index contributed by atoms with van der Waals surface area (Å²) in [4.78, 5) is 27.2. The molecule has 1 aliphatic heterocycles. The van der Waals surface area contributed by atoms with Crippen molar-refractivity contribution in [2.24, 2.45) is 0 Å². The lowest BCUT2D eigenvalue weighted by molar-refractivity contribution is 0.0887. The predicted octanol–water partition coefficient (Wildman–Crippen LogP) is 3.56. The van der Waals surface area contributed by atoms with Crippen LogP contribution in [0.4, 0.5) is 4.79 Å². The number of likely N-dealkylation sites (tertiary alicyclic amines) is 1. The van der Waals surface area contributed by atoms with Crippen molar-refractivity contribution in [3.05, 3.63) is 65.2 Å². The summed E-state index contributed by atoms with van der Waals surface area (Å²) >= 11 is 0. The molecule has 26 heavy (non-hydrogen) atoms. The maximum absolute atomic E-state index is 12.9. The molecule has 5 nitrogen and oxygen atoms in total. The van der Waals surface area contributed by atoms with Crippen molar-refractivity contribution in [2.45, 2.75) is 32.4 Å². The van der Waals surface area contributed by atoms with Crippen molar-refractivity contribution in [1.29, 1.82) is 0 Å². The van der Waals surface area contributed by atoms with E-state index < -0.39 is 6.04 Å². The smallest absolute Gasteiger partial charge is 0.318 e. The highest BCUT2D eigenvalue weighted by atomic mass is 16.5. The zero-order valence-corrected chi connectivity index (χ0v) is 15.2. The van der Waals surface area contributed by atoms with E-state index in [9.17, 15) is 9.59 Å². The average molecular weight is 352 g/mol. The van der Waals surface area contributed by atoms with Crippen LogP contribution in [-0.2, 0) is 6.54 Å². The summed E-state index contributed by atoms with van der Waals surface area (Å²) in [6, 6.07) is 14.6. The standard InChI is InChI=1S/C21H24N2O3/c1-15-13-17(10-11-19(15)26-2)20(24)18-9-6-12-23(18)21(25)22-14-16-7-4-3-5-8-16/h3-5,7-8,10-11,13,18H,6,9,12,14H2,1-2H3,(H,22,25). The van der Waals surface area contributed by atoms with Gasteiger partial charge in [-0.05, 0) is 49.1 Å². The number of urea groups is 1. The van der Waals surface area contributed by atoms with Gasteiger partial charge in [0.05, 0.1) is 13.2 Å². The molecular weight excluding hydrogens is 328 g/mol. The Morgan fingerprint density at radius 2 is 1.96 bits per heavy atom. The number of nitrogens with one attached hydrogen (secondary N) is 1. The highest BCUT2D eigenvalue weighted by Gasteiger charge is 2.34. The number of rotatable bonds is 5. The van der Waals surface area contributed by atoms with Crippen LogP contribution in [-0.4, -0.2) is 36.4 Å². The highest BCUT2D eigenvalue weighted by molar-refractivity contribution is 6.02. The van der Waals surface area contributed by atoms with Crippen LogP contribution in [0.3, 0.4) is 0 Å². The Labute approximate surface area is 154 Å². The van der Waals surface area contributed by atoms with Crippen LogP contribution in [0.25, 0.3) is 0 Å². The molecule has 1 N–H and O–H groups in total. The van der Waals surface area contributed by atoms with Gasteiger partial charge in [0.15, 0.2) is 5.78 Å². The topological polar surface area (TPSA) is 58.6 Å². The van der Waals surface area contributed by atoms with Gasteiger partial charge in [0.1, 0.15) is 5.75 Å². The maximum atomic E-state index is 12.9. The van der Waals surface area contributed by atoms with Crippen LogP contribution in [0.15, 0.2) is 48.5 Å². The van der Waals surface area contributed by atoms with Gasteiger partial charge in [-0.1, -0.05) is 30.3 Å². The molecule has 0 spiro atoms. The van der Waals surface area contributed by atoms with Crippen molar-refractivity contribution in [1.82, 2.24) is 10.2 Å². The van der Waals surface area contributed by atoms with E-state index in [1.807, 2.05) is 43.3 Å². The van der Waals surface area contributed by atoms with E-state index in [1.165, 1.54) is 0 Å². The molecular formula is C21H24N2O3. The molecule has 0 bridgehead atoms. The van der Waals surface area contributed by atoms with E-state index in [0.29, 0.717) is 25.1 Å². The summed E-state index contributed by atoms with van der Waals surface area (Å²) in [7, 11) is 1.61. The Bertz CT molecular complexity index is 789. The lowest BCUT2D eigenvalue weighted by atomic mass is 10.00. The summed E-state index contributed by atoms with van der Waals surface area (Å²) in [5, 5.41) is 2.92. The van der Waals surface area contributed by atoms with Crippen molar-refractivity contribution in [2.75, 3.05) is 13.7 Å². The van der Waals surface area contributed by atoms with Gasteiger partial charge < -0.3 is 15.0 Å². The van der Waals surface area contributed by atoms with Crippen molar-refractivity contribution < 1.29 is 14.3 Å². The molecule has 1 atom stereocenters. The van der Waals surface area contributed by atoms with Gasteiger partial charge in [0, 0.05) is 18.7 Å². The molecule has 1 unspecified atom stereocenters. The third-order valence-electron chi connectivity index (χ3n) is 4.78. The number of ketones is 1. The molecule has 0 aromatic heterocycles. The lowest BCUT2D eigenvalue weighted by Crippen LogP contribution is -2.45. The average Bonchev–Trinajstić information content (AvgIpc) is 3.16. The number of carbonyl (C=O) groups is 2. The molecule has 1 heterocycles. The number of amides is 2. The van der Waals surface area contributed by atoms with Gasteiger partial charge in [-0.2, -0.15) is 0 Å². The van der Waals surface area contributed by atoms with Crippen LogP contribution < -0.4 is 10.1 Å². The molecule has 2 aromatic carbocycles. The second-order valence-electron chi connectivity index (χ2n) is 6.54. The number of nitrogens with zero attached hydrogens (tertiary/aromatic N) is 1. The minimum absolute atomic E-state index is 0.0110. The molecule has 1 saturated heterocycles. The van der Waals surface area contributed by atoms with Crippen LogP contribution >= 0.6 is 0 Å². The van der Waals surface area contributed by atoms with Crippen LogP contribution in [0.5, 0.6) is 5.75 Å². The van der Waals surface area contributed by atoms with Crippen LogP contribution in [0.1, 0.15) is 34.3 Å². The van der Waals surface area contributed by atoms with E-state index in [1.54, 1.807) is 24.1 Å². The largest absolute Gasteiger partial charge is 0.496 e. The zero-order valence-electron chi connectivity index (χ0n) is 15.2. The molecule has 2 aromatic rings. The SMILES string of the molecule is COc1ccc(C(=O)C2CCCN2C(=O)NCc2ccccc2)cc1C. The van der Waals surface area contributed by atoms with Gasteiger partial charge >= 0.3 is 6.03 Å². The fraction of sp³-hybridized carbons (Fsp3) is 0.333. The number of ether oxygens (including phenoxy) is 1. The maximum Gasteiger partial charge on any atom is 0.318 e. The van der Waals surface area contributed by atoms with Gasteiger partial charge in [0.25, 0.3) is 0 Å². The van der Waals surface area contributed by atoms with Gasteiger partial charge in [-0.15, -0.1) is 0 Å². The number of hydrogen-bond donors (Lipinski definition) is 1. The first-order chi connectivity index (χ1) is 12.6. The zero-order chi connectivity index (χ0) is 18.5. The fourth-order valence-corrected chi connectivity index (χ4v) is 3.38. The molecule has 136 valence electrons. The third-order valence-corrected chi connectivity index (χ3v) is 4.78. The first-order valence-electron chi connectivity index (χ1n) is 8.87. The molecule has 0 aliphatic carbocycles. The van der Waals surface area contributed by atoms with E-state index >= 15 is 0 Å². The monoisotopic (exact) mass is 352 g/mol. The van der Waals surface area contributed by atoms with Crippen molar-refractivity contribution in [3.63, 3.8) is 0 Å². The van der Waals surface area contributed by atoms with Gasteiger partial charge in [-0.3, -0.25) is 4.79 Å². The Hall–Kier alpha value is -2.82. The van der Waals surface area contributed by atoms with Crippen molar-refractivity contribution in [3.8, 4) is 5.75 Å². The molecule has 1 aliphatic rings. The number of carbonyl (C=O) groups excluding carboxylic acids is 2. The van der Waals surface area contributed by atoms with E-state index in [4.69, 9.17) is 4.74 Å². The number of hydrogen-bond acceptors (Lipinski definition) is 3. The highest BCUT2D eigenvalue weighted by Crippen LogP contribution is 2.24. The Kier molecular flexibility index (Phi) is 5.56. The summed E-state index contributed by atoms with van der Waals surface area (Å²) in [5.41, 5.74) is 2.57. The van der Waals surface area contributed by atoms with Gasteiger partial charge in [0.2, 0.25) is 0 Å². The minimum atomic E-state index is -0.404. The molecule has 5 heteroatoms. The molecule has 0 saturated carbocycles. The molecule has 2 amide bonds. The number of methoxy groups -OCH3 is 1. The lowest BCUT2D eigenvalue weighted by Gasteiger charge is -2.24. The Morgan fingerprint density at radius 3 is 2.65 bits per heavy atom. The summed E-state index contributed by atoms with van der Waals surface area (Å²) < 4.78 is 5.25. The summed E-state index contributed by atoms with van der Waals surface area (Å²) in [6.45, 7) is 2.97. The fourth-order valence-electron chi connectivity index (χ4n) is 3.38. The first-order valence-corrected chi connectivity index (χ1v) is 8.87. The number of benzene rings is 2. The number of Topliss-reactive ketones (excluding diaryl/α,β-unsaturated/α-hetero) is 1.